The summed E-state index contributed by atoms with van der Waals surface area (Å²) in [6.45, 7) is 2.03. The van der Waals surface area contributed by atoms with E-state index in [1.165, 1.54) is 18.4 Å². The molecule has 102 valence electrons. The average Bonchev–Trinajstić information content (AvgIpc) is 3.02. The fourth-order valence-corrected chi connectivity index (χ4v) is 3.23. The highest BCUT2D eigenvalue weighted by Gasteiger charge is 2.33. The van der Waals surface area contributed by atoms with Crippen LogP contribution in [0.1, 0.15) is 37.3 Å². The van der Waals surface area contributed by atoms with Gasteiger partial charge in [0.15, 0.2) is 0 Å². The van der Waals surface area contributed by atoms with Crippen molar-refractivity contribution in [3.05, 3.63) is 35.9 Å². The van der Waals surface area contributed by atoms with Gasteiger partial charge in [0.2, 0.25) is 5.91 Å². The number of ether oxygens (including phenoxy) is 1. The number of benzene rings is 1. The predicted octanol–water partition coefficient (Wildman–Crippen LogP) is 2.78. The first kappa shape index (κ1) is 12.7. The van der Waals surface area contributed by atoms with Crippen LogP contribution < -0.4 is 0 Å². The van der Waals surface area contributed by atoms with Crippen LogP contribution in [-0.2, 0) is 9.53 Å². The molecule has 1 atom stereocenters. The van der Waals surface area contributed by atoms with Gasteiger partial charge in [-0.15, -0.1) is 0 Å². The molecule has 3 rings (SSSR count). The van der Waals surface area contributed by atoms with E-state index >= 15 is 0 Å². The molecular weight excluding hydrogens is 238 g/mol. The van der Waals surface area contributed by atoms with Crippen LogP contribution in [0.2, 0.25) is 0 Å². The van der Waals surface area contributed by atoms with Crippen molar-refractivity contribution >= 4 is 5.91 Å². The molecule has 0 radical (unpaired) electrons. The van der Waals surface area contributed by atoms with Gasteiger partial charge in [0.05, 0.1) is 19.3 Å². The third-order valence-electron chi connectivity index (χ3n) is 4.30. The zero-order valence-corrected chi connectivity index (χ0v) is 11.3. The average molecular weight is 259 g/mol. The van der Waals surface area contributed by atoms with Crippen LogP contribution in [0.3, 0.4) is 0 Å². The van der Waals surface area contributed by atoms with Crippen molar-refractivity contribution in [2.24, 2.45) is 5.92 Å². The Labute approximate surface area is 114 Å². The summed E-state index contributed by atoms with van der Waals surface area (Å²) in [6.07, 6.45) is 4.54. The van der Waals surface area contributed by atoms with Gasteiger partial charge >= 0.3 is 0 Å². The summed E-state index contributed by atoms with van der Waals surface area (Å²) in [5.74, 6) is 0.596. The van der Waals surface area contributed by atoms with Crippen molar-refractivity contribution in [3.8, 4) is 0 Å². The molecule has 19 heavy (non-hydrogen) atoms. The highest BCUT2D eigenvalue weighted by Crippen LogP contribution is 2.31. The molecule has 3 nitrogen and oxygen atoms in total. The number of nitrogens with zero attached hydrogens (tertiary/aromatic N) is 1. The van der Waals surface area contributed by atoms with E-state index < -0.39 is 0 Å². The number of rotatable bonds is 2. The van der Waals surface area contributed by atoms with Gasteiger partial charge in [-0.3, -0.25) is 4.79 Å². The van der Waals surface area contributed by atoms with Gasteiger partial charge in [0, 0.05) is 12.5 Å². The maximum atomic E-state index is 12.7. The van der Waals surface area contributed by atoms with Gasteiger partial charge in [0.1, 0.15) is 0 Å². The Balaban J connectivity index is 1.79. The second kappa shape index (κ2) is 5.74. The number of carbonyl (C=O) groups excluding carboxylic acids is 1. The first-order chi connectivity index (χ1) is 9.36. The fourth-order valence-electron chi connectivity index (χ4n) is 3.23. The first-order valence-electron chi connectivity index (χ1n) is 7.29. The number of morpholine rings is 1. The van der Waals surface area contributed by atoms with Crippen molar-refractivity contribution in [1.29, 1.82) is 0 Å². The standard InChI is InChI=1S/C16H21NO2/c18-16(14-8-4-5-9-14)17-10-11-19-12-15(17)13-6-2-1-3-7-13/h1-3,6-7,14-15H,4-5,8-12H2. The maximum absolute atomic E-state index is 12.7. The van der Waals surface area contributed by atoms with Crippen molar-refractivity contribution in [2.75, 3.05) is 19.8 Å². The largest absolute Gasteiger partial charge is 0.377 e. The van der Waals surface area contributed by atoms with Crippen molar-refractivity contribution in [1.82, 2.24) is 4.90 Å². The quantitative estimate of drug-likeness (QED) is 0.817. The molecule has 1 aromatic rings. The Morgan fingerprint density at radius 2 is 1.89 bits per heavy atom. The van der Waals surface area contributed by atoms with E-state index in [2.05, 4.69) is 17.0 Å². The Morgan fingerprint density at radius 3 is 2.63 bits per heavy atom. The van der Waals surface area contributed by atoms with Crippen molar-refractivity contribution in [2.45, 2.75) is 31.7 Å². The van der Waals surface area contributed by atoms with E-state index in [9.17, 15) is 4.79 Å². The van der Waals surface area contributed by atoms with Crippen LogP contribution in [0.5, 0.6) is 0 Å². The molecule has 0 aromatic heterocycles. The summed E-state index contributed by atoms with van der Waals surface area (Å²) in [4.78, 5) is 14.7. The minimum absolute atomic E-state index is 0.100. The van der Waals surface area contributed by atoms with Crippen LogP contribution in [0, 0.1) is 5.92 Å². The molecule has 1 unspecified atom stereocenters. The van der Waals surface area contributed by atoms with E-state index in [0.29, 0.717) is 19.1 Å². The van der Waals surface area contributed by atoms with E-state index in [0.717, 1.165) is 19.4 Å². The van der Waals surface area contributed by atoms with Crippen molar-refractivity contribution in [3.63, 3.8) is 0 Å². The van der Waals surface area contributed by atoms with E-state index in [1.54, 1.807) is 0 Å². The summed E-state index contributed by atoms with van der Waals surface area (Å²) in [7, 11) is 0. The highest BCUT2D eigenvalue weighted by atomic mass is 16.5. The van der Waals surface area contributed by atoms with Crippen LogP contribution in [0.15, 0.2) is 30.3 Å². The monoisotopic (exact) mass is 259 g/mol. The second-order valence-corrected chi connectivity index (χ2v) is 5.51. The maximum Gasteiger partial charge on any atom is 0.226 e. The number of hydrogen-bond acceptors (Lipinski definition) is 2. The zero-order valence-electron chi connectivity index (χ0n) is 11.3. The molecule has 1 saturated heterocycles. The minimum atomic E-state index is 0.100. The smallest absolute Gasteiger partial charge is 0.226 e. The SMILES string of the molecule is O=C(C1CCCC1)N1CCOCC1c1ccccc1. The molecule has 1 aliphatic carbocycles. The molecule has 1 amide bonds. The highest BCUT2D eigenvalue weighted by molar-refractivity contribution is 5.79. The van der Waals surface area contributed by atoms with Crippen LogP contribution in [0.4, 0.5) is 0 Å². The lowest BCUT2D eigenvalue weighted by Gasteiger charge is -2.37. The van der Waals surface area contributed by atoms with E-state index in [-0.39, 0.29) is 12.0 Å². The third-order valence-corrected chi connectivity index (χ3v) is 4.30. The minimum Gasteiger partial charge on any atom is -0.377 e. The van der Waals surface area contributed by atoms with Gasteiger partial charge in [-0.2, -0.15) is 0 Å². The zero-order chi connectivity index (χ0) is 13.1. The lowest BCUT2D eigenvalue weighted by molar-refractivity contribution is -0.144. The Morgan fingerprint density at radius 1 is 1.16 bits per heavy atom. The van der Waals surface area contributed by atoms with Crippen LogP contribution in [0.25, 0.3) is 0 Å². The molecular formula is C16H21NO2. The molecule has 1 aliphatic heterocycles. The number of hydrogen-bond donors (Lipinski definition) is 0. The Hall–Kier alpha value is -1.35. The summed E-state index contributed by atoms with van der Waals surface area (Å²) in [5, 5.41) is 0. The molecule has 0 N–H and O–H groups in total. The number of amides is 1. The van der Waals surface area contributed by atoms with Gasteiger partial charge in [-0.1, -0.05) is 43.2 Å². The summed E-state index contributed by atoms with van der Waals surface area (Å²) >= 11 is 0. The molecule has 1 aromatic carbocycles. The molecule has 1 heterocycles. The molecule has 0 spiro atoms. The lowest BCUT2D eigenvalue weighted by atomic mass is 10.0. The lowest BCUT2D eigenvalue weighted by Crippen LogP contribution is -2.45. The molecule has 3 heteroatoms. The number of carbonyl (C=O) groups is 1. The normalized spacial score (nSPS) is 24.6. The molecule has 2 fully saturated rings. The Bertz CT molecular complexity index is 426. The van der Waals surface area contributed by atoms with Gasteiger partial charge < -0.3 is 9.64 Å². The van der Waals surface area contributed by atoms with E-state index in [4.69, 9.17) is 4.74 Å². The third kappa shape index (κ3) is 2.66. The Kier molecular flexibility index (Phi) is 3.83. The summed E-state index contributed by atoms with van der Waals surface area (Å²) < 4.78 is 5.59. The summed E-state index contributed by atoms with van der Waals surface area (Å²) in [6, 6.07) is 10.4. The van der Waals surface area contributed by atoms with E-state index in [1.807, 2.05) is 18.2 Å². The molecule has 2 aliphatic rings. The van der Waals surface area contributed by atoms with Gasteiger partial charge in [-0.25, -0.2) is 0 Å². The summed E-state index contributed by atoms with van der Waals surface area (Å²) in [5.41, 5.74) is 1.19. The second-order valence-electron chi connectivity index (χ2n) is 5.51. The van der Waals surface area contributed by atoms with Gasteiger partial charge in [0.25, 0.3) is 0 Å². The molecule has 0 bridgehead atoms. The van der Waals surface area contributed by atoms with Gasteiger partial charge in [-0.05, 0) is 18.4 Å². The van der Waals surface area contributed by atoms with Crippen LogP contribution in [-0.4, -0.2) is 30.6 Å². The van der Waals surface area contributed by atoms with Crippen molar-refractivity contribution < 1.29 is 9.53 Å². The first-order valence-corrected chi connectivity index (χ1v) is 7.29. The fraction of sp³-hybridized carbons (Fsp3) is 0.562. The molecule has 1 saturated carbocycles. The predicted molar refractivity (Wildman–Crippen MR) is 73.7 cm³/mol. The van der Waals surface area contributed by atoms with Crippen LogP contribution >= 0.6 is 0 Å². The topological polar surface area (TPSA) is 29.5 Å².